The van der Waals surface area contributed by atoms with Gasteiger partial charge in [0.05, 0.1) is 25.9 Å². The zero-order chi connectivity index (χ0) is 24.1. The third-order valence-electron chi connectivity index (χ3n) is 5.11. The number of rotatable bonds is 10. The number of hydrogen-bond acceptors (Lipinski definition) is 11. The van der Waals surface area contributed by atoms with Gasteiger partial charge in [-0.1, -0.05) is 35.5 Å². The Labute approximate surface area is 196 Å². The topological polar surface area (TPSA) is 163 Å². The van der Waals surface area contributed by atoms with Crippen LogP contribution < -0.4 is 11.5 Å². The van der Waals surface area contributed by atoms with Crippen molar-refractivity contribution in [2.45, 2.75) is 45.3 Å². The molecule has 0 unspecified atom stereocenters. The largest absolute Gasteiger partial charge is 0.382 e. The van der Waals surface area contributed by atoms with Crippen LogP contribution in [0.3, 0.4) is 0 Å². The molecule has 13 heteroatoms. The van der Waals surface area contributed by atoms with Crippen LogP contribution in [0.5, 0.6) is 0 Å². The highest BCUT2D eigenvalue weighted by molar-refractivity contribution is 7.57. The Morgan fingerprint density at radius 1 is 1.18 bits per heavy atom. The van der Waals surface area contributed by atoms with Gasteiger partial charge in [0.2, 0.25) is 5.95 Å². The number of benzene rings is 1. The number of nitrogen functional groups attached to an aromatic ring is 2. The molecule has 1 aliphatic rings. The van der Waals surface area contributed by atoms with Crippen LogP contribution in [0.2, 0.25) is 0 Å². The summed E-state index contributed by atoms with van der Waals surface area (Å²) >= 11 is 0. The first-order valence-corrected chi connectivity index (χ1v) is 12.6. The number of fused-ring (bicyclic) bond motifs is 1. The minimum absolute atomic E-state index is 0.000820. The number of nitrogens with zero attached hydrogens (tertiary/aromatic N) is 5. The molecule has 2 aromatic heterocycles. The van der Waals surface area contributed by atoms with Crippen LogP contribution in [0.1, 0.15) is 32.1 Å². The van der Waals surface area contributed by atoms with E-state index in [0.717, 1.165) is 5.56 Å². The molecule has 3 aromatic rings. The third kappa shape index (κ3) is 5.43. The lowest BCUT2D eigenvalue weighted by atomic mass is 10.2. The van der Waals surface area contributed by atoms with Crippen molar-refractivity contribution < 1.29 is 23.1 Å². The van der Waals surface area contributed by atoms with Gasteiger partial charge in [-0.2, -0.15) is 14.6 Å². The molecule has 182 valence electrons. The van der Waals surface area contributed by atoms with E-state index >= 15 is 0 Å². The van der Waals surface area contributed by atoms with E-state index in [1.807, 2.05) is 30.3 Å². The summed E-state index contributed by atoms with van der Waals surface area (Å²) in [7, 11) is -3.38. The summed E-state index contributed by atoms with van der Waals surface area (Å²) in [5.74, 6) is 1.55. The van der Waals surface area contributed by atoms with Gasteiger partial charge in [0, 0.05) is 12.2 Å². The Bertz CT molecular complexity index is 1180. The van der Waals surface area contributed by atoms with Crippen LogP contribution in [0, 0.1) is 0 Å². The maximum atomic E-state index is 12.8. The number of aromatic nitrogens is 5. The molecule has 12 nitrogen and oxygen atoms in total. The SMILES string of the molecule is CCOP(=O)(/C=C/[C@@H]1C[C@@H](OCc2ccccc2)[C@H](n2nnc3c(N)nc(N)nc32)O1)OCC. The number of ether oxygens (including phenoxy) is 2. The fourth-order valence-electron chi connectivity index (χ4n) is 3.66. The van der Waals surface area contributed by atoms with Crippen molar-refractivity contribution in [1.29, 1.82) is 0 Å². The molecular weight excluding hydrogens is 461 g/mol. The lowest BCUT2D eigenvalue weighted by Crippen LogP contribution is -2.24. The van der Waals surface area contributed by atoms with Crippen LogP contribution in [0.25, 0.3) is 11.2 Å². The average Bonchev–Trinajstić information content (AvgIpc) is 3.41. The highest BCUT2D eigenvalue weighted by atomic mass is 31.2. The molecule has 0 spiro atoms. The van der Waals surface area contributed by atoms with E-state index in [9.17, 15) is 4.57 Å². The fraction of sp³-hybridized carbons (Fsp3) is 0.429. The van der Waals surface area contributed by atoms with Crippen LogP contribution in [0.15, 0.2) is 42.2 Å². The summed E-state index contributed by atoms with van der Waals surface area (Å²) in [6.45, 7) is 4.39. The van der Waals surface area contributed by atoms with E-state index in [2.05, 4.69) is 20.3 Å². The second-order valence-corrected chi connectivity index (χ2v) is 9.42. The smallest absolute Gasteiger partial charge is 0.353 e. The second-order valence-electron chi connectivity index (χ2n) is 7.53. The van der Waals surface area contributed by atoms with Crippen molar-refractivity contribution in [2.24, 2.45) is 0 Å². The fourth-order valence-corrected chi connectivity index (χ4v) is 5.03. The van der Waals surface area contributed by atoms with E-state index in [1.54, 1.807) is 19.9 Å². The molecule has 4 N–H and O–H groups in total. The molecule has 1 saturated heterocycles. The highest BCUT2D eigenvalue weighted by Gasteiger charge is 2.39. The Morgan fingerprint density at radius 3 is 2.62 bits per heavy atom. The van der Waals surface area contributed by atoms with Crippen molar-refractivity contribution in [2.75, 3.05) is 24.7 Å². The first-order valence-electron chi connectivity index (χ1n) is 11.0. The molecule has 0 aliphatic carbocycles. The first-order chi connectivity index (χ1) is 16.4. The molecule has 0 bridgehead atoms. The Balaban J connectivity index is 1.61. The second kappa shape index (κ2) is 10.6. The zero-order valence-corrected chi connectivity index (χ0v) is 19.9. The summed E-state index contributed by atoms with van der Waals surface area (Å²) < 4.78 is 37.4. The van der Waals surface area contributed by atoms with Crippen LogP contribution in [-0.4, -0.2) is 50.4 Å². The Morgan fingerprint density at radius 2 is 1.91 bits per heavy atom. The van der Waals surface area contributed by atoms with E-state index in [4.69, 9.17) is 30.0 Å². The van der Waals surface area contributed by atoms with Crippen LogP contribution in [-0.2, 0) is 29.7 Å². The van der Waals surface area contributed by atoms with Crippen molar-refractivity contribution in [1.82, 2.24) is 25.0 Å². The predicted octanol–water partition coefficient (Wildman–Crippen LogP) is 3.04. The summed E-state index contributed by atoms with van der Waals surface area (Å²) in [6, 6.07) is 9.78. The number of nitrogens with two attached hydrogens (primary N) is 2. The molecule has 1 fully saturated rings. The van der Waals surface area contributed by atoms with Crippen molar-refractivity contribution in [3.63, 3.8) is 0 Å². The maximum absolute atomic E-state index is 12.8. The molecule has 3 heterocycles. The van der Waals surface area contributed by atoms with Crippen molar-refractivity contribution in [3.8, 4) is 0 Å². The number of anilines is 2. The summed E-state index contributed by atoms with van der Waals surface area (Å²) in [6.07, 6.45) is 0.577. The Hall–Kier alpha value is -2.89. The summed E-state index contributed by atoms with van der Waals surface area (Å²) in [5, 5.41) is 8.27. The molecule has 3 atom stereocenters. The summed E-state index contributed by atoms with van der Waals surface area (Å²) in [5.41, 5.74) is 13.4. The van der Waals surface area contributed by atoms with Crippen LogP contribution >= 0.6 is 7.60 Å². The normalized spacial score (nSPS) is 21.1. The lowest BCUT2D eigenvalue weighted by Gasteiger charge is -2.19. The summed E-state index contributed by atoms with van der Waals surface area (Å²) in [4.78, 5) is 8.17. The molecular formula is C21H28N7O5P. The van der Waals surface area contributed by atoms with E-state index in [1.165, 1.54) is 10.5 Å². The number of hydrogen-bond donors (Lipinski definition) is 2. The molecule has 4 rings (SSSR count). The standard InChI is InChI=1S/C21H28N7O5P/c1-3-31-34(29,32-4-2)11-10-15-12-16(30-13-14-8-6-5-7-9-14)20(33-15)28-19-17(26-27-28)18(22)24-21(23)25-19/h5-11,15-16,20H,3-4,12-13H2,1-2H3,(H4,22,23,24,25)/b11-10+/t15-,16-,20-/m1/s1. The molecule has 1 aromatic carbocycles. The molecule has 34 heavy (non-hydrogen) atoms. The predicted molar refractivity (Wildman–Crippen MR) is 125 cm³/mol. The molecule has 1 aliphatic heterocycles. The van der Waals surface area contributed by atoms with Crippen molar-refractivity contribution >= 4 is 30.5 Å². The quantitative estimate of drug-likeness (QED) is 0.402. The third-order valence-corrected chi connectivity index (χ3v) is 6.89. The monoisotopic (exact) mass is 489 g/mol. The van der Waals surface area contributed by atoms with Gasteiger partial charge in [0.15, 0.2) is 23.2 Å². The zero-order valence-electron chi connectivity index (χ0n) is 19.0. The van der Waals surface area contributed by atoms with Gasteiger partial charge in [-0.25, -0.2) is 0 Å². The van der Waals surface area contributed by atoms with Gasteiger partial charge in [-0.15, -0.1) is 5.10 Å². The molecule has 0 amide bonds. The molecule has 0 radical (unpaired) electrons. The molecule has 0 saturated carbocycles. The maximum Gasteiger partial charge on any atom is 0.353 e. The van der Waals surface area contributed by atoms with Gasteiger partial charge in [-0.05, 0) is 25.5 Å². The average molecular weight is 489 g/mol. The minimum atomic E-state index is -3.38. The van der Waals surface area contributed by atoms with Gasteiger partial charge in [-0.3, -0.25) is 4.57 Å². The van der Waals surface area contributed by atoms with E-state index in [-0.39, 0.29) is 25.0 Å². The minimum Gasteiger partial charge on any atom is -0.382 e. The Kier molecular flexibility index (Phi) is 7.54. The van der Waals surface area contributed by atoms with E-state index in [0.29, 0.717) is 24.2 Å². The van der Waals surface area contributed by atoms with Gasteiger partial charge >= 0.3 is 7.60 Å². The van der Waals surface area contributed by atoms with Crippen LogP contribution in [0.4, 0.5) is 11.8 Å². The lowest BCUT2D eigenvalue weighted by molar-refractivity contribution is -0.0661. The van der Waals surface area contributed by atoms with E-state index < -0.39 is 26.0 Å². The van der Waals surface area contributed by atoms with Gasteiger partial charge in [0.1, 0.15) is 6.10 Å². The van der Waals surface area contributed by atoms with Gasteiger partial charge in [0.25, 0.3) is 0 Å². The first kappa shape index (κ1) is 24.2. The van der Waals surface area contributed by atoms with Gasteiger partial charge < -0.3 is 30.0 Å². The van der Waals surface area contributed by atoms with Crippen molar-refractivity contribution in [3.05, 3.63) is 47.8 Å². The highest BCUT2D eigenvalue weighted by Crippen LogP contribution is 2.50.